The van der Waals surface area contributed by atoms with Crippen LogP contribution in [0.3, 0.4) is 0 Å². The third-order valence-electron chi connectivity index (χ3n) is 4.78. The van der Waals surface area contributed by atoms with Crippen LogP contribution in [-0.2, 0) is 14.6 Å². The number of benzene rings is 2. The number of carboxylic acid groups (broad SMARTS) is 1. The molecule has 1 saturated carbocycles. The molecule has 131 valence electrons. The van der Waals surface area contributed by atoms with Crippen molar-refractivity contribution in [2.45, 2.75) is 45.1 Å². The number of hydrogen-bond donors (Lipinski definition) is 1. The van der Waals surface area contributed by atoms with Gasteiger partial charge >= 0.3 is 5.97 Å². The molecule has 25 heavy (non-hydrogen) atoms. The van der Waals surface area contributed by atoms with Gasteiger partial charge in [-0.25, -0.2) is 0 Å². The van der Waals surface area contributed by atoms with Gasteiger partial charge in [0, 0.05) is 6.10 Å². The van der Waals surface area contributed by atoms with Crippen molar-refractivity contribution in [3.05, 3.63) is 60.2 Å². The molecule has 1 fully saturated rings. The maximum absolute atomic E-state index is 11.0. The summed E-state index contributed by atoms with van der Waals surface area (Å²) in [6, 6.07) is 19.0. The summed E-state index contributed by atoms with van der Waals surface area (Å²) in [7, 11) is -1.36. The van der Waals surface area contributed by atoms with Gasteiger partial charge in [0.05, 0.1) is 5.92 Å². The molecule has 3 rings (SSSR count). The molecule has 2 aromatic carbocycles. The lowest BCUT2D eigenvalue weighted by molar-refractivity contribution is -0.148. The summed E-state index contributed by atoms with van der Waals surface area (Å²) in [5.41, 5.74) is 1.43. The maximum Gasteiger partial charge on any atom is 0.306 e. The Bertz CT molecular complexity index is 713. The highest BCUT2D eigenvalue weighted by Gasteiger charge is 2.37. The van der Waals surface area contributed by atoms with Gasteiger partial charge in [-0.3, -0.25) is 4.79 Å². The first-order valence-electron chi connectivity index (χ1n) is 8.77. The van der Waals surface area contributed by atoms with E-state index >= 15 is 0 Å². The van der Waals surface area contributed by atoms with Gasteiger partial charge in [0.25, 0.3) is 9.04 Å². The molecule has 0 bridgehead atoms. The highest BCUT2D eigenvalue weighted by molar-refractivity contribution is 6.80. The van der Waals surface area contributed by atoms with E-state index in [1.807, 2.05) is 18.2 Å². The normalized spacial score (nSPS) is 20.3. The Morgan fingerprint density at radius 2 is 1.56 bits per heavy atom. The van der Waals surface area contributed by atoms with Crippen LogP contribution in [0.5, 0.6) is 0 Å². The molecule has 0 spiro atoms. The predicted molar refractivity (Wildman–Crippen MR) is 102 cm³/mol. The first kappa shape index (κ1) is 17.9. The Hall–Kier alpha value is -1.91. The van der Waals surface area contributed by atoms with Crippen molar-refractivity contribution < 1.29 is 14.3 Å². The topological polar surface area (TPSA) is 46.5 Å². The summed E-state index contributed by atoms with van der Waals surface area (Å²) in [4.78, 5) is 11.0. The van der Waals surface area contributed by atoms with Crippen LogP contribution in [-0.4, -0.2) is 26.2 Å². The van der Waals surface area contributed by atoms with Crippen LogP contribution >= 0.6 is 0 Å². The summed E-state index contributed by atoms with van der Waals surface area (Å²) in [5.74, 6) is -0.949. The quantitative estimate of drug-likeness (QED) is 0.841. The van der Waals surface area contributed by atoms with Gasteiger partial charge in [-0.15, -0.1) is 0 Å². The molecule has 1 aliphatic carbocycles. The Balaban J connectivity index is 1.81. The highest BCUT2D eigenvalue weighted by atomic mass is 28.3. The van der Waals surface area contributed by atoms with E-state index < -0.39 is 15.0 Å². The fraction of sp³-hybridized carbons (Fsp3) is 0.381. The first-order chi connectivity index (χ1) is 11.8. The van der Waals surface area contributed by atoms with E-state index in [-0.39, 0.29) is 17.4 Å². The fourth-order valence-electron chi connectivity index (χ4n) is 3.04. The summed E-state index contributed by atoms with van der Waals surface area (Å²) >= 11 is 0. The number of carboxylic acids is 1. The standard InChI is InChI=1S/C21H25O3Si/c1-21(2,3)16-9-11-19(12-10-16)25(18-7-5-4-6-8-18)24-17-13-15(14-17)20(22)23/h4-12,15,17H,13-14H2,1-3H3,(H,22,23). The fourth-order valence-corrected chi connectivity index (χ4v) is 5.14. The third-order valence-corrected chi connectivity index (χ3v) is 7.06. The Kier molecular flexibility index (Phi) is 5.11. The second-order valence-corrected chi connectivity index (χ2v) is 9.82. The molecule has 1 aliphatic rings. The van der Waals surface area contributed by atoms with E-state index in [4.69, 9.17) is 9.53 Å². The minimum atomic E-state index is -1.36. The zero-order valence-electron chi connectivity index (χ0n) is 15.0. The molecule has 3 nitrogen and oxygen atoms in total. The van der Waals surface area contributed by atoms with Crippen molar-refractivity contribution in [3.8, 4) is 0 Å². The molecule has 0 atom stereocenters. The predicted octanol–water partition coefficient (Wildman–Crippen LogP) is 2.97. The Labute approximate surface area is 151 Å². The molecule has 1 N–H and O–H groups in total. The van der Waals surface area contributed by atoms with Crippen LogP contribution in [0.15, 0.2) is 54.6 Å². The lowest BCUT2D eigenvalue weighted by Gasteiger charge is -2.35. The van der Waals surface area contributed by atoms with E-state index in [1.54, 1.807) is 0 Å². The minimum absolute atomic E-state index is 0.0532. The zero-order valence-corrected chi connectivity index (χ0v) is 16.0. The van der Waals surface area contributed by atoms with Crippen molar-refractivity contribution >= 4 is 25.4 Å². The molecule has 0 aliphatic heterocycles. The number of aliphatic carboxylic acids is 1. The third kappa shape index (κ3) is 4.20. The van der Waals surface area contributed by atoms with Gasteiger partial charge in [-0.05, 0) is 34.2 Å². The van der Waals surface area contributed by atoms with Gasteiger partial charge in [0.15, 0.2) is 0 Å². The average molecular weight is 354 g/mol. The Morgan fingerprint density at radius 1 is 1.00 bits per heavy atom. The SMILES string of the molecule is CC(C)(C)c1ccc([Si](OC2CC(C(=O)O)C2)c2ccccc2)cc1. The largest absolute Gasteiger partial charge is 0.481 e. The molecule has 0 amide bonds. The molecule has 0 saturated heterocycles. The first-order valence-corrected chi connectivity index (χ1v) is 10.2. The molecule has 0 unspecified atom stereocenters. The van der Waals surface area contributed by atoms with E-state index in [0.717, 1.165) is 0 Å². The molecular formula is C21H25O3Si. The average Bonchev–Trinajstić information content (AvgIpc) is 2.53. The molecule has 2 aromatic rings. The van der Waals surface area contributed by atoms with Crippen LogP contribution in [0, 0.1) is 5.92 Å². The Morgan fingerprint density at radius 3 is 2.08 bits per heavy atom. The van der Waals surface area contributed by atoms with Crippen molar-refractivity contribution in [2.24, 2.45) is 5.92 Å². The van der Waals surface area contributed by atoms with Crippen LogP contribution in [0.25, 0.3) is 0 Å². The van der Waals surface area contributed by atoms with E-state index in [2.05, 4.69) is 57.2 Å². The highest BCUT2D eigenvalue weighted by Crippen LogP contribution is 2.30. The second-order valence-electron chi connectivity index (χ2n) is 7.77. The lowest BCUT2D eigenvalue weighted by atomic mass is 9.83. The van der Waals surface area contributed by atoms with Crippen molar-refractivity contribution in [1.29, 1.82) is 0 Å². The monoisotopic (exact) mass is 353 g/mol. The molecule has 0 heterocycles. The summed E-state index contributed by atoms with van der Waals surface area (Å²) in [6.07, 6.45) is 1.30. The van der Waals surface area contributed by atoms with E-state index in [1.165, 1.54) is 15.9 Å². The minimum Gasteiger partial charge on any atom is -0.481 e. The van der Waals surface area contributed by atoms with Crippen molar-refractivity contribution in [1.82, 2.24) is 0 Å². The van der Waals surface area contributed by atoms with Gasteiger partial charge in [-0.1, -0.05) is 75.4 Å². The number of carbonyl (C=O) groups is 1. The van der Waals surface area contributed by atoms with E-state index in [9.17, 15) is 4.79 Å². The van der Waals surface area contributed by atoms with Gasteiger partial charge in [0.2, 0.25) is 0 Å². The van der Waals surface area contributed by atoms with Gasteiger partial charge < -0.3 is 9.53 Å². The molecule has 1 radical (unpaired) electrons. The zero-order chi connectivity index (χ0) is 18.0. The molecule has 4 heteroatoms. The van der Waals surface area contributed by atoms with Crippen LogP contribution in [0.4, 0.5) is 0 Å². The van der Waals surface area contributed by atoms with Gasteiger partial charge in [-0.2, -0.15) is 0 Å². The second kappa shape index (κ2) is 7.14. The lowest BCUT2D eigenvalue weighted by Crippen LogP contribution is -2.50. The van der Waals surface area contributed by atoms with Gasteiger partial charge in [0.1, 0.15) is 0 Å². The van der Waals surface area contributed by atoms with Crippen molar-refractivity contribution in [3.63, 3.8) is 0 Å². The summed E-state index contributed by atoms with van der Waals surface area (Å²) < 4.78 is 6.40. The molecular weight excluding hydrogens is 328 g/mol. The van der Waals surface area contributed by atoms with Crippen LogP contribution < -0.4 is 10.4 Å². The number of rotatable bonds is 5. The summed E-state index contributed by atoms with van der Waals surface area (Å²) in [6.45, 7) is 6.63. The maximum atomic E-state index is 11.0. The number of hydrogen-bond acceptors (Lipinski definition) is 2. The molecule has 0 aromatic heterocycles. The van der Waals surface area contributed by atoms with Crippen molar-refractivity contribution in [2.75, 3.05) is 0 Å². The van der Waals surface area contributed by atoms with Crippen LogP contribution in [0.2, 0.25) is 0 Å². The van der Waals surface area contributed by atoms with Crippen LogP contribution in [0.1, 0.15) is 39.2 Å². The van der Waals surface area contributed by atoms with E-state index in [0.29, 0.717) is 12.8 Å². The summed E-state index contributed by atoms with van der Waals surface area (Å²) in [5, 5.41) is 11.5. The smallest absolute Gasteiger partial charge is 0.306 e.